The zero-order chi connectivity index (χ0) is 23.5. The summed E-state index contributed by atoms with van der Waals surface area (Å²) in [4.78, 5) is 31.8. The van der Waals surface area contributed by atoms with Crippen molar-refractivity contribution in [3.63, 3.8) is 0 Å². The maximum Gasteiger partial charge on any atom is 0.281 e. The van der Waals surface area contributed by atoms with Gasteiger partial charge in [-0.15, -0.1) is 11.3 Å². The van der Waals surface area contributed by atoms with Crippen LogP contribution in [0.2, 0.25) is 5.15 Å². The maximum atomic E-state index is 13.2. The Labute approximate surface area is 200 Å². The summed E-state index contributed by atoms with van der Waals surface area (Å²) in [5.41, 5.74) is 5.47. The van der Waals surface area contributed by atoms with Crippen LogP contribution < -0.4 is 11.0 Å². The van der Waals surface area contributed by atoms with Crippen molar-refractivity contribution in [2.75, 3.05) is 5.43 Å². The number of benzene rings is 1. The fraction of sp³-hybridized carbons (Fsp3) is 0.250. The van der Waals surface area contributed by atoms with Crippen molar-refractivity contribution in [2.24, 2.45) is 0 Å². The predicted molar refractivity (Wildman–Crippen MR) is 134 cm³/mol. The van der Waals surface area contributed by atoms with Gasteiger partial charge in [0.1, 0.15) is 16.3 Å². The average molecular weight is 482 g/mol. The molecule has 170 valence electrons. The molecule has 0 aliphatic rings. The highest BCUT2D eigenvalue weighted by atomic mass is 35.5. The van der Waals surface area contributed by atoms with Gasteiger partial charge in [-0.1, -0.05) is 55.3 Å². The minimum atomic E-state index is -0.469. The Kier molecular flexibility index (Phi) is 6.76. The maximum absolute atomic E-state index is 13.2. The van der Waals surface area contributed by atoms with Crippen LogP contribution in [0, 0.1) is 13.8 Å². The van der Waals surface area contributed by atoms with E-state index >= 15 is 0 Å². The molecule has 0 saturated carbocycles. The number of thiophene rings is 1. The van der Waals surface area contributed by atoms with Gasteiger partial charge in [-0.2, -0.15) is 5.10 Å². The lowest BCUT2D eigenvalue weighted by atomic mass is 10.0. The number of fused-ring (bicyclic) bond motifs is 1. The average Bonchev–Trinajstić information content (AvgIpc) is 3.28. The first-order chi connectivity index (χ1) is 15.9. The molecule has 3 aromatic heterocycles. The quantitative estimate of drug-likeness (QED) is 0.369. The Morgan fingerprint density at radius 2 is 2.00 bits per heavy atom. The monoisotopic (exact) mass is 481 g/mol. The first-order valence-corrected chi connectivity index (χ1v) is 11.9. The molecule has 0 aliphatic heterocycles. The second-order valence-corrected chi connectivity index (χ2v) is 9.24. The third kappa shape index (κ3) is 4.62. The fourth-order valence-electron chi connectivity index (χ4n) is 3.66. The molecule has 7 nitrogen and oxygen atoms in total. The number of carbonyl (C=O) groups is 1. The molecule has 0 aliphatic carbocycles. The van der Waals surface area contributed by atoms with E-state index in [4.69, 9.17) is 11.6 Å². The van der Waals surface area contributed by atoms with Gasteiger partial charge in [0.15, 0.2) is 0 Å². The van der Waals surface area contributed by atoms with E-state index in [9.17, 15) is 9.59 Å². The van der Waals surface area contributed by atoms with E-state index < -0.39 is 5.91 Å². The van der Waals surface area contributed by atoms with Gasteiger partial charge in [-0.3, -0.25) is 19.7 Å². The van der Waals surface area contributed by atoms with Crippen molar-refractivity contribution < 1.29 is 4.79 Å². The molecular formula is C24H24ClN5O2S. The van der Waals surface area contributed by atoms with Crippen LogP contribution in [0.25, 0.3) is 27.4 Å². The molecular weight excluding hydrogens is 458 g/mol. The number of aryl methyl sites for hydroxylation is 3. The summed E-state index contributed by atoms with van der Waals surface area (Å²) in [6.07, 6.45) is 6.29. The van der Waals surface area contributed by atoms with Crippen molar-refractivity contribution in [1.82, 2.24) is 19.4 Å². The molecule has 4 rings (SSSR count). The minimum absolute atomic E-state index is 0.327. The van der Waals surface area contributed by atoms with Crippen LogP contribution in [0.5, 0.6) is 0 Å². The van der Waals surface area contributed by atoms with Gasteiger partial charge in [0, 0.05) is 28.6 Å². The van der Waals surface area contributed by atoms with Crippen molar-refractivity contribution in [2.45, 2.75) is 40.2 Å². The molecule has 1 aromatic carbocycles. The molecule has 0 atom stereocenters. The van der Waals surface area contributed by atoms with Crippen LogP contribution in [0.3, 0.4) is 0 Å². The third-order valence-electron chi connectivity index (χ3n) is 5.32. The van der Waals surface area contributed by atoms with Crippen LogP contribution in [0.4, 0.5) is 0 Å². The first-order valence-electron chi connectivity index (χ1n) is 10.7. The van der Waals surface area contributed by atoms with E-state index in [1.54, 1.807) is 10.8 Å². The number of aromatic nitrogens is 4. The van der Waals surface area contributed by atoms with E-state index in [1.807, 2.05) is 44.2 Å². The second kappa shape index (κ2) is 9.72. The SMILES string of the molecule is CCCCn1nc(C)c(/C=C/C(=O)Nn2cnc3sc(C)c(-c4ccccc4)c3c2=O)c1Cl. The summed E-state index contributed by atoms with van der Waals surface area (Å²) in [5, 5.41) is 5.42. The molecule has 0 unspecified atom stereocenters. The number of nitrogens with zero attached hydrogens (tertiary/aromatic N) is 4. The summed E-state index contributed by atoms with van der Waals surface area (Å²) in [6.45, 7) is 6.63. The van der Waals surface area contributed by atoms with Gasteiger partial charge < -0.3 is 0 Å². The first kappa shape index (κ1) is 22.9. The standard InChI is InChI=1S/C24H24ClN5O2S/c1-4-5-13-29-22(25)18(15(2)27-29)11-12-19(31)28-30-14-26-23-21(24(30)32)20(16(3)33-23)17-9-7-6-8-10-17/h6-12,14H,4-5,13H2,1-3H3,(H,28,31)/b12-11+. The van der Waals surface area contributed by atoms with E-state index in [0.717, 1.165) is 45.8 Å². The predicted octanol–water partition coefficient (Wildman–Crippen LogP) is 5.18. The van der Waals surface area contributed by atoms with Gasteiger partial charge in [-0.25, -0.2) is 9.66 Å². The fourth-order valence-corrected chi connectivity index (χ4v) is 4.99. The van der Waals surface area contributed by atoms with E-state index in [2.05, 4.69) is 22.4 Å². The number of unbranched alkanes of at least 4 members (excludes halogenated alkanes) is 1. The Bertz CT molecular complexity index is 1400. The zero-order valence-corrected chi connectivity index (χ0v) is 20.2. The summed E-state index contributed by atoms with van der Waals surface area (Å²) in [5.74, 6) is -0.469. The Morgan fingerprint density at radius 1 is 1.24 bits per heavy atom. The highest BCUT2D eigenvalue weighted by Gasteiger charge is 2.17. The summed E-state index contributed by atoms with van der Waals surface area (Å²) < 4.78 is 2.86. The molecule has 0 saturated heterocycles. The Morgan fingerprint density at radius 3 is 2.73 bits per heavy atom. The van der Waals surface area contributed by atoms with Crippen molar-refractivity contribution >= 4 is 45.1 Å². The highest BCUT2D eigenvalue weighted by molar-refractivity contribution is 7.19. The van der Waals surface area contributed by atoms with Gasteiger partial charge in [-0.05, 0) is 31.9 Å². The number of rotatable bonds is 7. The lowest BCUT2D eigenvalue weighted by Gasteiger charge is -2.06. The second-order valence-electron chi connectivity index (χ2n) is 7.68. The van der Waals surface area contributed by atoms with Gasteiger partial charge in [0.05, 0.1) is 11.1 Å². The molecule has 0 fully saturated rings. The van der Waals surface area contributed by atoms with Crippen molar-refractivity contribution in [1.29, 1.82) is 0 Å². The highest BCUT2D eigenvalue weighted by Crippen LogP contribution is 2.35. The third-order valence-corrected chi connectivity index (χ3v) is 6.73. The number of hydrogen-bond acceptors (Lipinski definition) is 5. The smallest absolute Gasteiger partial charge is 0.268 e. The largest absolute Gasteiger partial charge is 0.281 e. The zero-order valence-electron chi connectivity index (χ0n) is 18.6. The molecule has 9 heteroatoms. The topological polar surface area (TPSA) is 81.8 Å². The number of nitrogens with one attached hydrogen (secondary N) is 1. The molecule has 0 bridgehead atoms. The summed E-state index contributed by atoms with van der Waals surface area (Å²) in [6, 6.07) is 9.70. The molecule has 4 aromatic rings. The van der Waals surface area contributed by atoms with Crippen molar-refractivity contribution in [3.8, 4) is 11.1 Å². The molecule has 33 heavy (non-hydrogen) atoms. The Hall–Kier alpha value is -3.23. The Balaban J connectivity index is 1.61. The normalized spacial score (nSPS) is 11.5. The van der Waals surface area contributed by atoms with Gasteiger partial charge in [0.25, 0.3) is 11.5 Å². The van der Waals surface area contributed by atoms with Crippen LogP contribution >= 0.6 is 22.9 Å². The number of halogens is 1. The van der Waals surface area contributed by atoms with Gasteiger partial charge in [0.2, 0.25) is 0 Å². The van der Waals surface area contributed by atoms with Crippen LogP contribution in [-0.4, -0.2) is 25.3 Å². The molecule has 1 amide bonds. The van der Waals surface area contributed by atoms with E-state index in [-0.39, 0.29) is 5.56 Å². The summed E-state index contributed by atoms with van der Waals surface area (Å²) >= 11 is 7.89. The molecule has 1 N–H and O–H groups in total. The van der Waals surface area contributed by atoms with E-state index in [0.29, 0.717) is 20.9 Å². The summed E-state index contributed by atoms with van der Waals surface area (Å²) in [7, 11) is 0. The van der Waals surface area contributed by atoms with E-state index in [1.165, 1.54) is 23.7 Å². The van der Waals surface area contributed by atoms with Crippen LogP contribution in [-0.2, 0) is 11.3 Å². The lowest BCUT2D eigenvalue weighted by Crippen LogP contribution is -2.32. The number of hydrogen-bond donors (Lipinski definition) is 1. The molecule has 0 radical (unpaired) electrons. The van der Waals surface area contributed by atoms with Gasteiger partial charge >= 0.3 is 0 Å². The van der Waals surface area contributed by atoms with Crippen LogP contribution in [0.1, 0.15) is 35.9 Å². The number of carbonyl (C=O) groups excluding carboxylic acids is 1. The molecule has 0 spiro atoms. The molecule has 3 heterocycles. The van der Waals surface area contributed by atoms with Crippen LogP contribution in [0.15, 0.2) is 47.5 Å². The van der Waals surface area contributed by atoms with Crippen molar-refractivity contribution in [3.05, 3.63) is 74.4 Å². The lowest BCUT2D eigenvalue weighted by molar-refractivity contribution is -0.112. The number of amides is 1. The minimum Gasteiger partial charge on any atom is -0.268 e.